The fourth-order valence-corrected chi connectivity index (χ4v) is 3.80. The molecular formula is C22H25N5O2. The summed E-state index contributed by atoms with van der Waals surface area (Å²) in [5, 5.41) is 5.99. The molecule has 3 aromatic heterocycles. The molecule has 1 aliphatic carbocycles. The largest absolute Gasteiger partial charge is 0.348 e. The minimum absolute atomic E-state index is 0.175. The lowest BCUT2D eigenvalue weighted by atomic mass is 10.1. The molecule has 0 atom stereocenters. The molecule has 2 amide bonds. The fraction of sp³-hybridized carbons (Fsp3) is 0.364. The van der Waals surface area contributed by atoms with E-state index < -0.39 is 0 Å². The average Bonchev–Trinajstić information content (AvgIpc) is 2.96. The van der Waals surface area contributed by atoms with Gasteiger partial charge in [0.2, 0.25) is 5.82 Å². The van der Waals surface area contributed by atoms with Crippen molar-refractivity contribution in [2.24, 2.45) is 0 Å². The van der Waals surface area contributed by atoms with E-state index in [1.165, 1.54) is 12.8 Å². The quantitative estimate of drug-likeness (QED) is 0.654. The van der Waals surface area contributed by atoms with E-state index in [0.29, 0.717) is 17.8 Å². The number of amides is 2. The van der Waals surface area contributed by atoms with Crippen LogP contribution in [0.4, 0.5) is 0 Å². The Morgan fingerprint density at radius 1 is 1.00 bits per heavy atom. The molecule has 2 N–H and O–H groups in total. The van der Waals surface area contributed by atoms with Gasteiger partial charge in [0.1, 0.15) is 0 Å². The van der Waals surface area contributed by atoms with E-state index in [0.717, 1.165) is 31.2 Å². The van der Waals surface area contributed by atoms with Crippen LogP contribution in [0.2, 0.25) is 0 Å². The summed E-state index contributed by atoms with van der Waals surface area (Å²) in [6.45, 7) is 0.368. The lowest BCUT2D eigenvalue weighted by Gasteiger charge is -2.15. The smallest absolute Gasteiger partial charge is 0.287 e. The van der Waals surface area contributed by atoms with E-state index in [4.69, 9.17) is 0 Å². The summed E-state index contributed by atoms with van der Waals surface area (Å²) in [4.78, 5) is 34.1. The highest BCUT2D eigenvalue weighted by atomic mass is 16.2. The molecule has 4 rings (SSSR count). The summed E-state index contributed by atoms with van der Waals surface area (Å²) in [5.74, 6) is -0.328. The Hall–Kier alpha value is -3.22. The standard InChI is InChI=1S/C22H25N5O2/c28-21(25-17-7-3-1-2-4-8-17)19-18-9-5-6-14-27(18)20(26-19)22(29)24-15-16-10-12-23-13-11-16/h5-6,9-14,17H,1-4,7-8,15H2,(H,24,29)(H,25,28). The number of pyridine rings is 2. The van der Waals surface area contributed by atoms with E-state index in [-0.39, 0.29) is 23.7 Å². The first-order valence-electron chi connectivity index (χ1n) is 10.2. The van der Waals surface area contributed by atoms with Crippen molar-refractivity contribution in [2.75, 3.05) is 0 Å². The first kappa shape index (κ1) is 19.1. The molecule has 0 unspecified atom stereocenters. The van der Waals surface area contributed by atoms with Crippen LogP contribution >= 0.6 is 0 Å². The molecule has 1 aliphatic rings. The van der Waals surface area contributed by atoms with Crippen molar-refractivity contribution < 1.29 is 9.59 Å². The fourth-order valence-electron chi connectivity index (χ4n) is 3.80. The Balaban J connectivity index is 1.54. The topological polar surface area (TPSA) is 88.4 Å². The summed E-state index contributed by atoms with van der Waals surface area (Å²) in [5.41, 5.74) is 1.87. The number of aromatic nitrogens is 3. The van der Waals surface area contributed by atoms with E-state index in [1.54, 1.807) is 23.0 Å². The number of carbonyl (C=O) groups excluding carboxylic acids is 2. The molecular weight excluding hydrogens is 366 g/mol. The van der Waals surface area contributed by atoms with Crippen molar-refractivity contribution in [1.82, 2.24) is 25.0 Å². The summed E-state index contributed by atoms with van der Waals surface area (Å²) in [6, 6.07) is 9.34. The zero-order valence-electron chi connectivity index (χ0n) is 16.3. The minimum atomic E-state index is -0.323. The number of nitrogens with one attached hydrogen (secondary N) is 2. The number of imidazole rings is 1. The molecule has 7 heteroatoms. The van der Waals surface area contributed by atoms with Crippen molar-refractivity contribution in [3.8, 4) is 0 Å². The van der Waals surface area contributed by atoms with Gasteiger partial charge in [0.05, 0.1) is 5.52 Å². The zero-order chi connectivity index (χ0) is 20.1. The van der Waals surface area contributed by atoms with Crippen LogP contribution < -0.4 is 10.6 Å². The van der Waals surface area contributed by atoms with Crippen LogP contribution in [-0.2, 0) is 6.54 Å². The van der Waals surface area contributed by atoms with Crippen molar-refractivity contribution in [3.05, 3.63) is 66.0 Å². The molecule has 0 spiro atoms. The highest BCUT2D eigenvalue weighted by molar-refractivity contribution is 6.02. The third-order valence-electron chi connectivity index (χ3n) is 5.36. The maximum absolute atomic E-state index is 12.9. The van der Waals surface area contributed by atoms with Gasteiger partial charge in [-0.2, -0.15) is 0 Å². The number of hydrogen-bond acceptors (Lipinski definition) is 4. The number of hydrogen-bond donors (Lipinski definition) is 2. The second-order valence-electron chi connectivity index (χ2n) is 7.44. The minimum Gasteiger partial charge on any atom is -0.348 e. The molecule has 3 aromatic rings. The van der Waals surface area contributed by atoms with Crippen LogP contribution in [0.1, 0.15) is 65.2 Å². The number of fused-ring (bicyclic) bond motifs is 1. The Morgan fingerprint density at radius 2 is 1.76 bits per heavy atom. The first-order valence-corrected chi connectivity index (χ1v) is 10.2. The molecule has 150 valence electrons. The van der Waals surface area contributed by atoms with E-state index in [2.05, 4.69) is 20.6 Å². The Labute approximate surface area is 169 Å². The van der Waals surface area contributed by atoms with E-state index in [1.807, 2.05) is 30.3 Å². The highest BCUT2D eigenvalue weighted by Gasteiger charge is 2.23. The second kappa shape index (κ2) is 8.86. The van der Waals surface area contributed by atoms with Crippen LogP contribution in [0.5, 0.6) is 0 Å². The lowest BCUT2D eigenvalue weighted by molar-refractivity contribution is 0.0930. The predicted molar refractivity (Wildman–Crippen MR) is 110 cm³/mol. The van der Waals surface area contributed by atoms with Crippen LogP contribution in [0, 0.1) is 0 Å². The lowest BCUT2D eigenvalue weighted by Crippen LogP contribution is -2.34. The number of rotatable bonds is 5. The van der Waals surface area contributed by atoms with Gasteiger partial charge >= 0.3 is 0 Å². The predicted octanol–water partition coefficient (Wildman–Crippen LogP) is 3.11. The summed E-state index contributed by atoms with van der Waals surface area (Å²) >= 11 is 0. The highest BCUT2D eigenvalue weighted by Crippen LogP contribution is 2.19. The average molecular weight is 391 g/mol. The number of carbonyl (C=O) groups is 2. The molecule has 0 aromatic carbocycles. The van der Waals surface area contributed by atoms with E-state index >= 15 is 0 Å². The summed E-state index contributed by atoms with van der Waals surface area (Å²) in [6.07, 6.45) is 11.8. The molecule has 0 saturated heterocycles. The van der Waals surface area contributed by atoms with Gasteiger partial charge < -0.3 is 10.6 Å². The van der Waals surface area contributed by atoms with Crippen molar-refractivity contribution in [1.29, 1.82) is 0 Å². The van der Waals surface area contributed by atoms with Gasteiger partial charge in [0, 0.05) is 31.2 Å². The Bertz CT molecular complexity index is 991. The normalized spacial score (nSPS) is 15.0. The van der Waals surface area contributed by atoms with Crippen LogP contribution in [0.15, 0.2) is 48.9 Å². The Kier molecular flexibility index (Phi) is 5.84. The van der Waals surface area contributed by atoms with Gasteiger partial charge in [-0.1, -0.05) is 31.7 Å². The van der Waals surface area contributed by atoms with Crippen molar-refractivity contribution in [2.45, 2.75) is 51.1 Å². The SMILES string of the molecule is O=C(NC1CCCCCC1)c1nc(C(=O)NCc2ccncc2)n2ccccc12. The van der Waals surface area contributed by atoms with E-state index in [9.17, 15) is 9.59 Å². The van der Waals surface area contributed by atoms with Crippen LogP contribution in [0.25, 0.3) is 5.52 Å². The molecule has 7 nitrogen and oxygen atoms in total. The summed E-state index contributed by atoms with van der Waals surface area (Å²) in [7, 11) is 0. The monoisotopic (exact) mass is 391 g/mol. The molecule has 0 radical (unpaired) electrons. The molecule has 0 aliphatic heterocycles. The van der Waals surface area contributed by atoms with Gasteiger partial charge in [0.25, 0.3) is 11.8 Å². The third kappa shape index (κ3) is 4.45. The van der Waals surface area contributed by atoms with Crippen LogP contribution in [-0.4, -0.2) is 32.2 Å². The Morgan fingerprint density at radius 3 is 2.52 bits per heavy atom. The van der Waals surface area contributed by atoms with Gasteiger partial charge in [-0.3, -0.25) is 19.0 Å². The van der Waals surface area contributed by atoms with Crippen LogP contribution in [0.3, 0.4) is 0 Å². The molecule has 29 heavy (non-hydrogen) atoms. The maximum Gasteiger partial charge on any atom is 0.287 e. The maximum atomic E-state index is 12.9. The molecule has 0 bridgehead atoms. The molecule has 3 heterocycles. The van der Waals surface area contributed by atoms with Gasteiger partial charge in [-0.15, -0.1) is 0 Å². The molecule has 1 fully saturated rings. The second-order valence-corrected chi connectivity index (χ2v) is 7.44. The molecule has 1 saturated carbocycles. The zero-order valence-corrected chi connectivity index (χ0v) is 16.3. The summed E-state index contributed by atoms with van der Waals surface area (Å²) < 4.78 is 1.67. The van der Waals surface area contributed by atoms with Crippen molar-refractivity contribution >= 4 is 17.3 Å². The number of nitrogens with zero attached hydrogens (tertiary/aromatic N) is 3. The van der Waals surface area contributed by atoms with Gasteiger partial charge in [-0.05, 0) is 42.7 Å². The first-order chi connectivity index (χ1) is 14.2. The third-order valence-corrected chi connectivity index (χ3v) is 5.36. The van der Waals surface area contributed by atoms with Gasteiger partial charge in [-0.25, -0.2) is 4.98 Å². The van der Waals surface area contributed by atoms with Gasteiger partial charge in [0.15, 0.2) is 5.69 Å². The van der Waals surface area contributed by atoms with Crippen molar-refractivity contribution in [3.63, 3.8) is 0 Å².